The number of anilines is 1. The van der Waals surface area contributed by atoms with E-state index in [1.807, 2.05) is 0 Å². The molecule has 34 heavy (non-hydrogen) atoms. The lowest BCUT2D eigenvalue weighted by molar-refractivity contribution is 0.0997. The Morgan fingerprint density at radius 2 is 1.59 bits per heavy atom. The van der Waals surface area contributed by atoms with Gasteiger partial charge in [0.1, 0.15) is 23.8 Å². The van der Waals surface area contributed by atoms with Crippen LogP contribution >= 0.6 is 0 Å². The topological polar surface area (TPSA) is 99.2 Å². The van der Waals surface area contributed by atoms with Crippen molar-refractivity contribution in [1.82, 2.24) is 9.78 Å². The number of ether oxygens (including phenoxy) is 1. The first kappa shape index (κ1) is 22.7. The zero-order valence-electron chi connectivity index (χ0n) is 17.9. The standard InChI is InChI=1S/C25H20F2N4O3/c26-19-5-1-3-16(11-19)13-31-14-22(24(33)29-21-9-7-18(8-10-21)23(28)32)25(30-31)34-15-17-4-2-6-20(27)12-17/h1-12,14H,13,15H2,(H2,28,32)(H,29,33). The zero-order chi connectivity index (χ0) is 24.1. The molecule has 172 valence electrons. The van der Waals surface area contributed by atoms with E-state index in [1.165, 1.54) is 47.3 Å². The predicted molar refractivity (Wildman–Crippen MR) is 121 cm³/mol. The van der Waals surface area contributed by atoms with Crippen LogP contribution in [0.4, 0.5) is 14.5 Å². The summed E-state index contributed by atoms with van der Waals surface area (Å²) in [6, 6.07) is 18.0. The van der Waals surface area contributed by atoms with E-state index >= 15 is 0 Å². The Bertz CT molecular complexity index is 1340. The third-order valence-electron chi connectivity index (χ3n) is 4.90. The van der Waals surface area contributed by atoms with Crippen LogP contribution in [0.3, 0.4) is 0 Å². The molecular weight excluding hydrogens is 442 g/mol. The average molecular weight is 462 g/mol. The number of nitrogens with one attached hydrogen (secondary N) is 1. The summed E-state index contributed by atoms with van der Waals surface area (Å²) in [5.74, 6) is -1.84. The molecule has 0 saturated carbocycles. The summed E-state index contributed by atoms with van der Waals surface area (Å²) >= 11 is 0. The molecule has 0 unspecified atom stereocenters. The van der Waals surface area contributed by atoms with E-state index in [4.69, 9.17) is 10.5 Å². The monoisotopic (exact) mass is 462 g/mol. The van der Waals surface area contributed by atoms with E-state index in [1.54, 1.807) is 36.4 Å². The van der Waals surface area contributed by atoms with E-state index in [0.29, 0.717) is 22.4 Å². The first-order valence-electron chi connectivity index (χ1n) is 10.3. The number of halogens is 2. The molecule has 0 spiro atoms. The van der Waals surface area contributed by atoms with Crippen molar-refractivity contribution in [3.05, 3.63) is 113 Å². The number of aromatic nitrogens is 2. The maximum Gasteiger partial charge on any atom is 0.262 e. The van der Waals surface area contributed by atoms with Gasteiger partial charge in [0.2, 0.25) is 11.8 Å². The van der Waals surface area contributed by atoms with E-state index in [9.17, 15) is 18.4 Å². The van der Waals surface area contributed by atoms with Crippen molar-refractivity contribution in [2.24, 2.45) is 5.73 Å². The quantitative estimate of drug-likeness (QED) is 0.411. The highest BCUT2D eigenvalue weighted by atomic mass is 19.1. The first-order chi connectivity index (χ1) is 16.4. The highest BCUT2D eigenvalue weighted by Gasteiger charge is 2.19. The maximum absolute atomic E-state index is 13.6. The molecule has 0 bridgehead atoms. The van der Waals surface area contributed by atoms with Gasteiger partial charge >= 0.3 is 0 Å². The smallest absolute Gasteiger partial charge is 0.262 e. The van der Waals surface area contributed by atoms with Crippen LogP contribution in [0.2, 0.25) is 0 Å². The van der Waals surface area contributed by atoms with Crippen LogP contribution in [0.25, 0.3) is 0 Å². The molecule has 9 heteroatoms. The molecule has 0 aliphatic rings. The van der Waals surface area contributed by atoms with Crippen molar-refractivity contribution in [1.29, 1.82) is 0 Å². The number of amides is 2. The van der Waals surface area contributed by atoms with Crippen LogP contribution < -0.4 is 15.8 Å². The van der Waals surface area contributed by atoms with Gasteiger partial charge in [-0.3, -0.25) is 14.3 Å². The number of primary amides is 1. The van der Waals surface area contributed by atoms with Crippen molar-refractivity contribution in [2.45, 2.75) is 13.2 Å². The molecule has 0 fully saturated rings. The van der Waals surface area contributed by atoms with Crippen LogP contribution in [-0.4, -0.2) is 21.6 Å². The number of nitrogens with two attached hydrogens (primary N) is 1. The highest BCUT2D eigenvalue weighted by molar-refractivity contribution is 6.06. The lowest BCUT2D eigenvalue weighted by Gasteiger charge is -2.07. The van der Waals surface area contributed by atoms with E-state index in [0.717, 1.165) is 0 Å². The Morgan fingerprint density at radius 3 is 2.24 bits per heavy atom. The highest BCUT2D eigenvalue weighted by Crippen LogP contribution is 2.21. The van der Waals surface area contributed by atoms with Gasteiger partial charge in [-0.1, -0.05) is 24.3 Å². The molecular formula is C25H20F2N4O3. The third-order valence-corrected chi connectivity index (χ3v) is 4.90. The van der Waals surface area contributed by atoms with Crippen LogP contribution in [0.5, 0.6) is 5.88 Å². The van der Waals surface area contributed by atoms with Gasteiger partial charge in [-0.05, 0) is 59.7 Å². The number of hydrogen-bond donors (Lipinski definition) is 2. The Hall–Kier alpha value is -4.53. The molecule has 4 aromatic rings. The molecule has 1 aromatic heterocycles. The summed E-state index contributed by atoms with van der Waals surface area (Å²) in [5.41, 5.74) is 7.32. The number of carbonyl (C=O) groups is 2. The summed E-state index contributed by atoms with van der Waals surface area (Å²) in [6.45, 7) is 0.191. The molecule has 2 amide bonds. The lowest BCUT2D eigenvalue weighted by atomic mass is 10.2. The van der Waals surface area contributed by atoms with Crippen molar-refractivity contribution in [2.75, 3.05) is 5.32 Å². The Balaban J connectivity index is 1.57. The average Bonchev–Trinajstić information content (AvgIpc) is 3.21. The normalized spacial score (nSPS) is 10.6. The third kappa shape index (κ3) is 5.63. The lowest BCUT2D eigenvalue weighted by Crippen LogP contribution is -2.14. The summed E-state index contributed by atoms with van der Waals surface area (Å²) in [7, 11) is 0. The molecule has 0 saturated heterocycles. The van der Waals surface area contributed by atoms with Gasteiger partial charge in [0, 0.05) is 17.4 Å². The van der Waals surface area contributed by atoms with Crippen molar-refractivity contribution in [3.63, 3.8) is 0 Å². The van der Waals surface area contributed by atoms with Crippen LogP contribution in [-0.2, 0) is 13.2 Å². The molecule has 7 nitrogen and oxygen atoms in total. The van der Waals surface area contributed by atoms with E-state index in [2.05, 4.69) is 10.4 Å². The minimum Gasteiger partial charge on any atom is -0.471 e. The van der Waals surface area contributed by atoms with Gasteiger partial charge in [-0.2, -0.15) is 0 Å². The number of hydrogen-bond acceptors (Lipinski definition) is 4. The van der Waals surface area contributed by atoms with Crippen molar-refractivity contribution >= 4 is 17.5 Å². The second-order valence-corrected chi connectivity index (χ2v) is 7.49. The second-order valence-electron chi connectivity index (χ2n) is 7.49. The number of rotatable bonds is 8. The van der Waals surface area contributed by atoms with Gasteiger partial charge < -0.3 is 15.8 Å². The number of carbonyl (C=O) groups excluding carboxylic acids is 2. The Morgan fingerprint density at radius 1 is 0.941 bits per heavy atom. The predicted octanol–water partition coefficient (Wildman–Crippen LogP) is 4.14. The molecule has 3 N–H and O–H groups in total. The fourth-order valence-corrected chi connectivity index (χ4v) is 3.26. The molecule has 1 heterocycles. The van der Waals surface area contributed by atoms with Crippen LogP contribution in [0.1, 0.15) is 31.8 Å². The minimum atomic E-state index is -0.579. The summed E-state index contributed by atoms with van der Waals surface area (Å²) in [4.78, 5) is 24.2. The van der Waals surface area contributed by atoms with E-state index in [-0.39, 0.29) is 30.4 Å². The molecule has 3 aromatic carbocycles. The largest absolute Gasteiger partial charge is 0.471 e. The summed E-state index contributed by atoms with van der Waals surface area (Å²) in [6.07, 6.45) is 1.49. The number of nitrogens with zero attached hydrogens (tertiary/aromatic N) is 2. The molecule has 0 aliphatic heterocycles. The van der Waals surface area contributed by atoms with Gasteiger partial charge in [0.15, 0.2) is 0 Å². The molecule has 0 radical (unpaired) electrons. The Kier molecular flexibility index (Phi) is 6.63. The molecule has 0 aliphatic carbocycles. The van der Waals surface area contributed by atoms with Crippen molar-refractivity contribution < 1.29 is 23.1 Å². The van der Waals surface area contributed by atoms with E-state index < -0.39 is 17.6 Å². The Labute approximate surface area is 193 Å². The molecule has 0 atom stereocenters. The van der Waals surface area contributed by atoms with Crippen LogP contribution in [0.15, 0.2) is 79.0 Å². The number of benzene rings is 3. The van der Waals surface area contributed by atoms with Crippen LogP contribution in [0, 0.1) is 11.6 Å². The van der Waals surface area contributed by atoms with Gasteiger partial charge in [0.05, 0.1) is 6.54 Å². The SMILES string of the molecule is NC(=O)c1ccc(NC(=O)c2cn(Cc3cccc(F)c3)nc2OCc2cccc(F)c2)cc1. The van der Waals surface area contributed by atoms with Gasteiger partial charge in [0.25, 0.3) is 5.91 Å². The maximum atomic E-state index is 13.6. The van der Waals surface area contributed by atoms with Gasteiger partial charge in [-0.15, -0.1) is 5.10 Å². The molecule has 4 rings (SSSR count). The first-order valence-corrected chi connectivity index (χ1v) is 10.3. The fourth-order valence-electron chi connectivity index (χ4n) is 3.26. The summed E-state index contributed by atoms with van der Waals surface area (Å²) in [5, 5.41) is 7.04. The minimum absolute atomic E-state index is 0.0116. The second kappa shape index (κ2) is 9.95. The zero-order valence-corrected chi connectivity index (χ0v) is 17.9. The van der Waals surface area contributed by atoms with Gasteiger partial charge in [-0.25, -0.2) is 8.78 Å². The van der Waals surface area contributed by atoms with Crippen molar-refractivity contribution in [3.8, 4) is 5.88 Å². The summed E-state index contributed by atoms with van der Waals surface area (Å²) < 4.78 is 34.3. The fraction of sp³-hybridized carbons (Fsp3) is 0.0800.